The molecule has 0 aliphatic carbocycles. The quantitative estimate of drug-likeness (QED) is 0.440. The van der Waals surface area contributed by atoms with Crippen molar-refractivity contribution in [3.63, 3.8) is 0 Å². The predicted molar refractivity (Wildman–Crippen MR) is 137 cm³/mol. The van der Waals surface area contributed by atoms with Gasteiger partial charge in [-0.3, -0.25) is 9.69 Å². The van der Waals surface area contributed by atoms with E-state index in [1.807, 2.05) is 17.9 Å². The van der Waals surface area contributed by atoms with Gasteiger partial charge in [-0.1, -0.05) is 19.6 Å². The van der Waals surface area contributed by atoms with Gasteiger partial charge in [-0.05, 0) is 37.8 Å². The van der Waals surface area contributed by atoms with Crippen molar-refractivity contribution in [1.82, 2.24) is 14.8 Å². The number of amides is 1. The van der Waals surface area contributed by atoms with Gasteiger partial charge >= 0.3 is 0 Å². The monoisotopic (exact) mass is 501 g/mol. The molecule has 5 heterocycles. The first-order valence-corrected chi connectivity index (χ1v) is 13.1. The number of pyridine rings is 1. The Morgan fingerprint density at radius 3 is 2.44 bits per heavy atom. The minimum absolute atomic E-state index is 0.0179. The Balaban J connectivity index is 1.29. The Kier molecular flexibility index (Phi) is 7.05. The zero-order valence-electron chi connectivity index (χ0n) is 21.4. The molecule has 1 spiro atoms. The maximum Gasteiger partial charge on any atom is 0.280 e. The summed E-state index contributed by atoms with van der Waals surface area (Å²) in [5.74, 6) is 0.627. The molecular weight excluding hydrogens is 464 g/mol. The van der Waals surface area contributed by atoms with Gasteiger partial charge in [0.1, 0.15) is 11.5 Å². The average molecular weight is 502 g/mol. The van der Waals surface area contributed by atoms with E-state index in [0.29, 0.717) is 43.5 Å². The second-order valence-corrected chi connectivity index (χ2v) is 10.3. The fourth-order valence-electron chi connectivity index (χ4n) is 6.13. The summed E-state index contributed by atoms with van der Waals surface area (Å²) in [6.45, 7) is 14.4. The second kappa shape index (κ2) is 10.1. The van der Waals surface area contributed by atoms with Crippen LogP contribution in [0.3, 0.4) is 0 Å². The van der Waals surface area contributed by atoms with Crippen LogP contribution in [0.25, 0.3) is 0 Å². The summed E-state index contributed by atoms with van der Waals surface area (Å²) in [6, 6.07) is 2.39. The molecule has 1 amide bonds. The number of carbonyl (C=O) groups excluding carboxylic acids is 1. The topological polar surface area (TPSA) is 52.2 Å². The molecule has 7 nitrogen and oxygen atoms in total. The van der Waals surface area contributed by atoms with Crippen LogP contribution in [0.15, 0.2) is 30.4 Å². The first kappa shape index (κ1) is 25.1. The summed E-state index contributed by atoms with van der Waals surface area (Å²) >= 11 is 0. The first-order valence-electron chi connectivity index (χ1n) is 13.1. The van der Waals surface area contributed by atoms with Crippen LogP contribution in [0.1, 0.15) is 44.4 Å². The number of anilines is 2. The van der Waals surface area contributed by atoms with Gasteiger partial charge in [0, 0.05) is 75.7 Å². The fourth-order valence-corrected chi connectivity index (χ4v) is 6.13. The van der Waals surface area contributed by atoms with Gasteiger partial charge < -0.3 is 19.4 Å². The smallest absolute Gasteiger partial charge is 0.280 e. The van der Waals surface area contributed by atoms with Gasteiger partial charge in [0.25, 0.3) is 6.43 Å². The third-order valence-corrected chi connectivity index (χ3v) is 8.56. The first-order chi connectivity index (χ1) is 17.3. The molecule has 4 aliphatic rings. The highest BCUT2D eigenvalue weighted by Gasteiger charge is 2.41. The molecule has 4 aliphatic heterocycles. The zero-order valence-corrected chi connectivity index (χ0v) is 21.4. The molecule has 0 bridgehead atoms. The standard InChI is InChI=1S/C27H37F2N5O2/c1-4-21-22(34-17-20(18-34)31-11-13-33(14-12-31)24(35)5-2)16-23(30-25(21)26(28)29)32-9-7-27(8-10-32)19(3)6-15-36-27/h5-6,16,20,26H,2,4,7-15,17-18H2,1,3H3. The molecule has 0 atom stereocenters. The van der Waals surface area contributed by atoms with Crippen LogP contribution < -0.4 is 9.80 Å². The largest absolute Gasteiger partial charge is 0.368 e. The Labute approximate surface area is 212 Å². The number of alkyl halides is 2. The van der Waals surface area contributed by atoms with Gasteiger partial charge in [-0.2, -0.15) is 0 Å². The number of piperidine rings is 1. The van der Waals surface area contributed by atoms with Gasteiger partial charge in [-0.25, -0.2) is 13.8 Å². The summed E-state index contributed by atoms with van der Waals surface area (Å²) in [5, 5.41) is 0. The number of hydrogen-bond acceptors (Lipinski definition) is 6. The molecule has 196 valence electrons. The SMILES string of the molecule is C=CC(=O)N1CCN(C2CN(c3cc(N4CCC5(CC4)OCC=C5C)nc(C(F)F)c3CC)C2)CC1. The van der Waals surface area contributed by atoms with E-state index in [4.69, 9.17) is 4.74 Å². The maximum atomic E-state index is 14.1. The number of hydrogen-bond donors (Lipinski definition) is 0. The third-order valence-electron chi connectivity index (χ3n) is 8.56. The number of aromatic nitrogens is 1. The maximum absolute atomic E-state index is 14.1. The van der Waals surface area contributed by atoms with Crippen molar-refractivity contribution < 1.29 is 18.3 Å². The lowest BCUT2D eigenvalue weighted by Crippen LogP contribution is -2.63. The summed E-state index contributed by atoms with van der Waals surface area (Å²) in [4.78, 5) is 25.0. The van der Waals surface area contributed by atoms with Gasteiger partial charge in [-0.15, -0.1) is 0 Å². The van der Waals surface area contributed by atoms with Crippen molar-refractivity contribution in [2.75, 3.05) is 68.8 Å². The normalized spacial score (nSPS) is 22.8. The third kappa shape index (κ3) is 4.52. The van der Waals surface area contributed by atoms with Crippen molar-refractivity contribution in [2.45, 2.75) is 51.2 Å². The van der Waals surface area contributed by atoms with Gasteiger partial charge in [0.15, 0.2) is 0 Å². The van der Waals surface area contributed by atoms with Crippen LogP contribution in [0.5, 0.6) is 0 Å². The molecule has 0 aromatic carbocycles. The van der Waals surface area contributed by atoms with Crippen molar-refractivity contribution in [3.05, 3.63) is 41.6 Å². The predicted octanol–water partition coefficient (Wildman–Crippen LogP) is 3.42. The van der Waals surface area contributed by atoms with E-state index in [9.17, 15) is 13.6 Å². The van der Waals surface area contributed by atoms with E-state index in [1.165, 1.54) is 11.6 Å². The lowest BCUT2D eigenvalue weighted by Gasteiger charge is -2.49. The van der Waals surface area contributed by atoms with Crippen molar-refractivity contribution in [1.29, 1.82) is 0 Å². The molecule has 0 N–H and O–H groups in total. The number of halogens is 2. The highest BCUT2D eigenvalue weighted by Crippen LogP contribution is 2.40. The Hall–Kier alpha value is -2.52. The average Bonchev–Trinajstić information content (AvgIpc) is 3.22. The van der Waals surface area contributed by atoms with Crippen molar-refractivity contribution >= 4 is 17.4 Å². The number of nitrogens with zero attached hydrogens (tertiary/aromatic N) is 5. The number of ether oxygens (including phenoxy) is 1. The molecular formula is C27H37F2N5O2. The number of carbonyl (C=O) groups is 1. The number of rotatable bonds is 6. The zero-order chi connectivity index (χ0) is 25.4. The van der Waals surface area contributed by atoms with Gasteiger partial charge in [0.2, 0.25) is 5.91 Å². The molecule has 9 heteroatoms. The number of piperazine rings is 1. The van der Waals surface area contributed by atoms with E-state index in [1.54, 1.807) is 0 Å². The van der Waals surface area contributed by atoms with Crippen LogP contribution in [-0.4, -0.2) is 91.3 Å². The Morgan fingerprint density at radius 1 is 1.19 bits per heavy atom. The minimum atomic E-state index is -2.61. The van der Waals surface area contributed by atoms with Crippen LogP contribution in [0.2, 0.25) is 0 Å². The molecule has 36 heavy (non-hydrogen) atoms. The van der Waals surface area contributed by atoms with E-state index >= 15 is 0 Å². The highest BCUT2D eigenvalue weighted by molar-refractivity contribution is 5.87. The highest BCUT2D eigenvalue weighted by atomic mass is 19.3. The van der Waals surface area contributed by atoms with Gasteiger partial charge in [0.05, 0.1) is 12.2 Å². The molecule has 0 saturated carbocycles. The molecule has 1 aromatic rings. The van der Waals surface area contributed by atoms with E-state index in [-0.39, 0.29) is 17.2 Å². The summed E-state index contributed by atoms with van der Waals surface area (Å²) in [5.41, 5.74) is 2.55. The Morgan fingerprint density at radius 2 is 1.89 bits per heavy atom. The molecule has 0 radical (unpaired) electrons. The van der Waals surface area contributed by atoms with Crippen LogP contribution in [-0.2, 0) is 16.0 Å². The molecule has 1 aromatic heterocycles. The van der Waals surface area contributed by atoms with E-state index < -0.39 is 6.43 Å². The van der Waals surface area contributed by atoms with Crippen molar-refractivity contribution in [3.8, 4) is 0 Å². The lowest BCUT2D eigenvalue weighted by molar-refractivity contribution is -0.128. The Bertz CT molecular complexity index is 1020. The fraction of sp³-hybridized carbons (Fsp3) is 0.630. The van der Waals surface area contributed by atoms with Crippen LogP contribution in [0, 0.1) is 0 Å². The van der Waals surface area contributed by atoms with E-state index in [2.05, 4.69) is 39.3 Å². The minimum Gasteiger partial charge on any atom is -0.368 e. The summed E-state index contributed by atoms with van der Waals surface area (Å²) < 4.78 is 34.3. The van der Waals surface area contributed by atoms with Crippen LogP contribution >= 0.6 is 0 Å². The summed E-state index contributed by atoms with van der Waals surface area (Å²) in [7, 11) is 0. The van der Waals surface area contributed by atoms with E-state index in [0.717, 1.165) is 57.8 Å². The molecule has 3 fully saturated rings. The summed E-state index contributed by atoms with van der Waals surface area (Å²) in [6.07, 6.45) is 3.12. The van der Waals surface area contributed by atoms with Crippen LogP contribution in [0.4, 0.5) is 20.3 Å². The molecule has 5 rings (SSSR count). The lowest BCUT2D eigenvalue weighted by atomic mass is 9.85. The second-order valence-electron chi connectivity index (χ2n) is 10.3. The molecule has 0 unspecified atom stereocenters. The molecule has 3 saturated heterocycles. The van der Waals surface area contributed by atoms with Crippen molar-refractivity contribution in [2.24, 2.45) is 0 Å².